The summed E-state index contributed by atoms with van der Waals surface area (Å²) in [6, 6.07) is 14.4. The molecule has 0 aliphatic heterocycles. The standard InChI is InChI=1S/C24H24N4O5S2/c1-4-34-24-27-23(35-28-24)26-22(29)17(15-25)12-16-8-9-20(21(13-16)31-3)33-11-10-32-19-7-5-6-18(14-19)30-2/h5-9,12-14H,4,10-11H2,1-3H3,(H,26,27,28,29). The zero-order valence-electron chi connectivity index (χ0n) is 19.4. The lowest BCUT2D eigenvalue weighted by atomic mass is 10.1. The van der Waals surface area contributed by atoms with Crippen LogP contribution in [-0.2, 0) is 4.79 Å². The number of rotatable bonds is 12. The smallest absolute Gasteiger partial charge is 0.268 e. The summed E-state index contributed by atoms with van der Waals surface area (Å²) in [6.07, 6.45) is 1.47. The SMILES string of the molecule is CCSc1nsc(NC(=O)C(C#N)=Cc2ccc(OCCOc3cccc(OC)c3)c(OC)c2)n1. The Morgan fingerprint density at radius 3 is 2.66 bits per heavy atom. The number of nitrogens with zero attached hydrogens (tertiary/aromatic N) is 3. The third-order valence-corrected chi connectivity index (χ3v) is 5.89. The van der Waals surface area contributed by atoms with E-state index in [1.807, 2.05) is 31.2 Å². The molecule has 11 heteroatoms. The molecule has 1 aromatic heterocycles. The van der Waals surface area contributed by atoms with Gasteiger partial charge in [0, 0.05) is 17.6 Å². The molecular weight excluding hydrogens is 488 g/mol. The van der Waals surface area contributed by atoms with Crippen molar-refractivity contribution in [3.8, 4) is 29.1 Å². The maximum Gasteiger partial charge on any atom is 0.268 e. The second-order valence-corrected chi connectivity index (χ2v) is 8.71. The highest BCUT2D eigenvalue weighted by Crippen LogP contribution is 2.29. The van der Waals surface area contributed by atoms with Crippen LogP contribution in [0.2, 0.25) is 0 Å². The summed E-state index contributed by atoms with van der Waals surface area (Å²) in [4.78, 5) is 16.7. The van der Waals surface area contributed by atoms with Crippen LogP contribution in [0.1, 0.15) is 12.5 Å². The van der Waals surface area contributed by atoms with Crippen molar-refractivity contribution in [1.82, 2.24) is 9.36 Å². The van der Waals surface area contributed by atoms with E-state index in [1.54, 1.807) is 31.4 Å². The Labute approximate surface area is 211 Å². The summed E-state index contributed by atoms with van der Waals surface area (Å²) in [5.41, 5.74) is 0.528. The second-order valence-electron chi connectivity index (χ2n) is 6.73. The first kappa shape index (κ1) is 25.9. The van der Waals surface area contributed by atoms with Crippen LogP contribution < -0.4 is 24.3 Å². The fourth-order valence-electron chi connectivity index (χ4n) is 2.82. The van der Waals surface area contributed by atoms with E-state index in [9.17, 15) is 10.1 Å². The van der Waals surface area contributed by atoms with Gasteiger partial charge in [0.2, 0.25) is 10.3 Å². The molecule has 0 spiro atoms. The van der Waals surface area contributed by atoms with Crippen molar-refractivity contribution in [2.24, 2.45) is 0 Å². The number of hydrogen-bond donors (Lipinski definition) is 1. The molecule has 0 unspecified atom stereocenters. The van der Waals surface area contributed by atoms with Crippen molar-refractivity contribution in [1.29, 1.82) is 5.26 Å². The lowest BCUT2D eigenvalue weighted by Gasteiger charge is -2.12. The van der Waals surface area contributed by atoms with Crippen LogP contribution in [0.4, 0.5) is 5.13 Å². The van der Waals surface area contributed by atoms with E-state index in [-0.39, 0.29) is 12.2 Å². The Bertz CT molecular complexity index is 1220. The van der Waals surface area contributed by atoms with Crippen LogP contribution in [-0.4, -0.2) is 48.5 Å². The summed E-state index contributed by atoms with van der Waals surface area (Å²) in [7, 11) is 3.11. The first-order valence-corrected chi connectivity index (χ1v) is 12.3. The molecule has 2 aromatic carbocycles. The minimum absolute atomic E-state index is 0.0766. The van der Waals surface area contributed by atoms with Gasteiger partial charge in [-0.3, -0.25) is 10.1 Å². The van der Waals surface area contributed by atoms with Gasteiger partial charge in [-0.2, -0.15) is 14.6 Å². The number of nitriles is 1. The van der Waals surface area contributed by atoms with Gasteiger partial charge in [-0.05, 0) is 41.7 Å². The number of methoxy groups -OCH3 is 2. The van der Waals surface area contributed by atoms with Gasteiger partial charge in [-0.1, -0.05) is 30.8 Å². The van der Waals surface area contributed by atoms with Gasteiger partial charge in [0.05, 0.1) is 14.2 Å². The molecule has 182 valence electrons. The molecule has 0 aliphatic rings. The van der Waals surface area contributed by atoms with E-state index in [4.69, 9.17) is 18.9 Å². The number of thioether (sulfide) groups is 1. The van der Waals surface area contributed by atoms with Crippen LogP contribution >= 0.6 is 23.3 Å². The fraction of sp³-hybridized carbons (Fsp3) is 0.250. The minimum Gasteiger partial charge on any atom is -0.497 e. The number of benzene rings is 2. The molecule has 35 heavy (non-hydrogen) atoms. The molecule has 3 rings (SSSR count). The number of carbonyl (C=O) groups is 1. The Hall–Kier alpha value is -3.75. The van der Waals surface area contributed by atoms with Crippen molar-refractivity contribution in [3.63, 3.8) is 0 Å². The molecule has 0 bridgehead atoms. The van der Waals surface area contributed by atoms with Crippen molar-refractivity contribution in [3.05, 3.63) is 53.6 Å². The Kier molecular flexibility index (Phi) is 9.77. The summed E-state index contributed by atoms with van der Waals surface area (Å²) >= 11 is 2.54. The predicted molar refractivity (Wildman–Crippen MR) is 136 cm³/mol. The Balaban J connectivity index is 1.61. The molecule has 0 aliphatic carbocycles. The highest BCUT2D eigenvalue weighted by atomic mass is 32.2. The molecule has 3 aromatic rings. The first-order chi connectivity index (χ1) is 17.1. The van der Waals surface area contributed by atoms with E-state index in [1.165, 1.54) is 24.9 Å². The van der Waals surface area contributed by atoms with Crippen molar-refractivity contribution in [2.75, 3.05) is 38.5 Å². The van der Waals surface area contributed by atoms with Crippen LogP contribution in [0, 0.1) is 11.3 Å². The number of aromatic nitrogens is 2. The maximum absolute atomic E-state index is 12.5. The third-order valence-electron chi connectivity index (χ3n) is 4.42. The molecule has 0 saturated heterocycles. The zero-order chi connectivity index (χ0) is 25.0. The van der Waals surface area contributed by atoms with Crippen molar-refractivity contribution < 1.29 is 23.7 Å². The molecule has 1 N–H and O–H groups in total. The lowest BCUT2D eigenvalue weighted by molar-refractivity contribution is -0.112. The van der Waals surface area contributed by atoms with Gasteiger partial charge in [0.25, 0.3) is 5.91 Å². The number of nitrogens with one attached hydrogen (secondary N) is 1. The number of anilines is 1. The van der Waals surface area contributed by atoms with Gasteiger partial charge in [-0.15, -0.1) is 0 Å². The molecule has 0 radical (unpaired) electrons. The first-order valence-electron chi connectivity index (χ1n) is 10.5. The van der Waals surface area contributed by atoms with E-state index in [2.05, 4.69) is 14.7 Å². The molecule has 9 nitrogen and oxygen atoms in total. The second kappa shape index (κ2) is 13.2. The molecule has 1 heterocycles. The van der Waals surface area contributed by atoms with Gasteiger partial charge in [0.1, 0.15) is 36.4 Å². The largest absolute Gasteiger partial charge is 0.497 e. The van der Waals surface area contributed by atoms with Crippen LogP contribution in [0.5, 0.6) is 23.0 Å². The molecular formula is C24H24N4O5S2. The summed E-state index contributed by atoms with van der Waals surface area (Å²) in [5, 5.41) is 13.0. The minimum atomic E-state index is -0.564. The Morgan fingerprint density at radius 1 is 1.11 bits per heavy atom. The topological polar surface area (TPSA) is 116 Å². The van der Waals surface area contributed by atoms with Crippen LogP contribution in [0.15, 0.2) is 53.2 Å². The highest BCUT2D eigenvalue weighted by molar-refractivity contribution is 7.99. The quantitative estimate of drug-likeness (QED) is 0.160. The average Bonchev–Trinajstić information content (AvgIpc) is 3.32. The van der Waals surface area contributed by atoms with Gasteiger partial charge in [-0.25, -0.2) is 0 Å². The molecule has 0 saturated carbocycles. The van der Waals surface area contributed by atoms with Gasteiger partial charge >= 0.3 is 0 Å². The zero-order valence-corrected chi connectivity index (χ0v) is 21.1. The normalized spacial score (nSPS) is 10.9. The summed E-state index contributed by atoms with van der Waals surface area (Å²) in [5.74, 6) is 2.62. The number of ether oxygens (including phenoxy) is 4. The average molecular weight is 513 g/mol. The van der Waals surface area contributed by atoms with Crippen molar-refractivity contribution in [2.45, 2.75) is 12.1 Å². The Morgan fingerprint density at radius 2 is 1.91 bits per heavy atom. The maximum atomic E-state index is 12.5. The monoisotopic (exact) mass is 512 g/mol. The number of carbonyl (C=O) groups excluding carboxylic acids is 1. The van der Waals surface area contributed by atoms with Gasteiger partial charge in [0.15, 0.2) is 11.5 Å². The van der Waals surface area contributed by atoms with E-state index >= 15 is 0 Å². The van der Waals surface area contributed by atoms with E-state index in [0.29, 0.717) is 45.5 Å². The number of amides is 1. The van der Waals surface area contributed by atoms with Crippen LogP contribution in [0.3, 0.4) is 0 Å². The van der Waals surface area contributed by atoms with Crippen molar-refractivity contribution >= 4 is 40.4 Å². The number of hydrogen-bond acceptors (Lipinski definition) is 10. The fourth-order valence-corrected chi connectivity index (χ4v) is 4.09. The highest BCUT2D eigenvalue weighted by Gasteiger charge is 2.14. The molecule has 1 amide bonds. The third kappa shape index (κ3) is 7.63. The van der Waals surface area contributed by atoms with E-state index in [0.717, 1.165) is 17.3 Å². The summed E-state index contributed by atoms with van der Waals surface area (Å²) in [6.45, 7) is 2.59. The lowest BCUT2D eigenvalue weighted by Crippen LogP contribution is -2.13. The van der Waals surface area contributed by atoms with Crippen LogP contribution in [0.25, 0.3) is 6.08 Å². The molecule has 0 atom stereocenters. The molecule has 0 fully saturated rings. The predicted octanol–water partition coefficient (Wildman–Crippen LogP) is 4.67. The van der Waals surface area contributed by atoms with Gasteiger partial charge < -0.3 is 18.9 Å². The summed E-state index contributed by atoms with van der Waals surface area (Å²) < 4.78 is 26.2. The van der Waals surface area contributed by atoms with E-state index < -0.39 is 5.91 Å².